The number of aliphatic carboxylic acids is 1. The van der Waals surface area contributed by atoms with Crippen molar-refractivity contribution in [1.29, 1.82) is 0 Å². The van der Waals surface area contributed by atoms with Crippen LogP contribution in [-0.2, 0) is 4.79 Å². The summed E-state index contributed by atoms with van der Waals surface area (Å²) in [5.74, 6) is -1.25. The highest BCUT2D eigenvalue weighted by molar-refractivity contribution is 6.00. The first-order chi connectivity index (χ1) is 11.4. The van der Waals surface area contributed by atoms with Crippen LogP contribution in [0.3, 0.4) is 0 Å². The van der Waals surface area contributed by atoms with E-state index < -0.39 is 17.2 Å². The van der Waals surface area contributed by atoms with E-state index in [9.17, 15) is 19.1 Å². The van der Waals surface area contributed by atoms with Crippen molar-refractivity contribution in [2.24, 2.45) is 5.41 Å². The van der Waals surface area contributed by atoms with E-state index in [4.69, 9.17) is 4.74 Å². The lowest BCUT2D eigenvalue weighted by Crippen LogP contribution is -2.48. The van der Waals surface area contributed by atoms with E-state index in [-0.39, 0.29) is 23.7 Å². The molecule has 2 N–H and O–H groups in total. The molecule has 128 valence electrons. The van der Waals surface area contributed by atoms with Crippen molar-refractivity contribution in [3.8, 4) is 5.75 Å². The minimum atomic E-state index is -0.955. The van der Waals surface area contributed by atoms with E-state index in [0.717, 1.165) is 0 Å². The van der Waals surface area contributed by atoms with Crippen LogP contribution < -0.4 is 4.74 Å². The van der Waals surface area contributed by atoms with Crippen LogP contribution >= 0.6 is 0 Å². The first-order valence-corrected chi connectivity index (χ1v) is 7.73. The number of nitrogens with zero attached hydrogens (tertiary/aromatic N) is 1. The van der Waals surface area contributed by atoms with Crippen molar-refractivity contribution in [3.05, 3.63) is 29.7 Å². The number of fused-ring (bicyclic) bond motifs is 1. The van der Waals surface area contributed by atoms with E-state index in [0.29, 0.717) is 30.5 Å². The van der Waals surface area contributed by atoms with Crippen LogP contribution in [0.5, 0.6) is 5.75 Å². The quantitative estimate of drug-likeness (QED) is 0.904. The predicted molar refractivity (Wildman–Crippen MR) is 85.7 cm³/mol. The fourth-order valence-corrected chi connectivity index (χ4v) is 3.21. The minimum absolute atomic E-state index is 0.135. The third kappa shape index (κ3) is 2.60. The van der Waals surface area contributed by atoms with Crippen LogP contribution in [0, 0.1) is 11.2 Å². The summed E-state index contributed by atoms with van der Waals surface area (Å²) in [6.07, 6.45) is 1.15. The number of methoxy groups -OCH3 is 1. The Morgan fingerprint density at radius 3 is 2.83 bits per heavy atom. The molecule has 0 aliphatic carbocycles. The average Bonchev–Trinajstić information content (AvgIpc) is 3.00. The first-order valence-electron chi connectivity index (χ1n) is 7.73. The molecule has 0 bridgehead atoms. The van der Waals surface area contributed by atoms with Crippen molar-refractivity contribution in [1.82, 2.24) is 9.88 Å². The van der Waals surface area contributed by atoms with Gasteiger partial charge in [0.05, 0.1) is 18.0 Å². The van der Waals surface area contributed by atoms with Gasteiger partial charge < -0.3 is 19.7 Å². The molecule has 2 heterocycles. The monoisotopic (exact) mass is 334 g/mol. The molecule has 2 aromatic rings. The molecule has 1 aliphatic heterocycles. The van der Waals surface area contributed by atoms with Gasteiger partial charge in [-0.2, -0.15) is 0 Å². The molecule has 6 nitrogen and oxygen atoms in total. The molecule has 1 atom stereocenters. The smallest absolute Gasteiger partial charge is 0.311 e. The standard InChI is InChI=1S/C17H19FN2O4/c1-17(16(22)23)6-3-7-20(9-17)15(21)12-8-10-13(24-2)5-4-11(18)14(10)19-12/h4-5,8,19H,3,6-7,9H2,1-2H3,(H,22,23). The van der Waals surface area contributed by atoms with Gasteiger partial charge in [0, 0.05) is 18.5 Å². The van der Waals surface area contributed by atoms with Crippen LogP contribution in [-0.4, -0.2) is 47.1 Å². The zero-order chi connectivity index (χ0) is 17.5. The number of benzene rings is 1. The van der Waals surface area contributed by atoms with Gasteiger partial charge in [-0.05, 0) is 38.0 Å². The third-order valence-electron chi connectivity index (χ3n) is 4.65. The Bertz CT molecular complexity index is 816. The minimum Gasteiger partial charge on any atom is -0.496 e. The molecule has 3 rings (SSSR count). The summed E-state index contributed by atoms with van der Waals surface area (Å²) in [6.45, 7) is 2.26. The molecule has 1 saturated heterocycles. The van der Waals surface area contributed by atoms with Gasteiger partial charge in [-0.15, -0.1) is 0 Å². The Hall–Kier alpha value is -2.57. The van der Waals surface area contributed by atoms with Gasteiger partial charge in [-0.3, -0.25) is 9.59 Å². The number of H-pyrrole nitrogens is 1. The Kier molecular flexibility index (Phi) is 3.95. The molecule has 1 fully saturated rings. The molecule has 1 aromatic carbocycles. The van der Waals surface area contributed by atoms with Crippen molar-refractivity contribution in [2.45, 2.75) is 19.8 Å². The number of ether oxygens (including phenoxy) is 1. The van der Waals surface area contributed by atoms with Crippen LogP contribution in [0.25, 0.3) is 10.9 Å². The lowest BCUT2D eigenvalue weighted by atomic mass is 9.82. The van der Waals surface area contributed by atoms with Gasteiger partial charge in [0.15, 0.2) is 0 Å². The van der Waals surface area contributed by atoms with E-state index in [1.54, 1.807) is 13.0 Å². The van der Waals surface area contributed by atoms with Crippen molar-refractivity contribution >= 4 is 22.8 Å². The number of amides is 1. The average molecular weight is 334 g/mol. The summed E-state index contributed by atoms with van der Waals surface area (Å²) in [5.41, 5.74) is -0.526. The summed E-state index contributed by atoms with van der Waals surface area (Å²) in [5, 5.41) is 9.86. The highest BCUT2D eigenvalue weighted by atomic mass is 19.1. The van der Waals surface area contributed by atoms with E-state index in [2.05, 4.69) is 4.98 Å². The number of carbonyl (C=O) groups is 2. The fraction of sp³-hybridized carbons (Fsp3) is 0.412. The molecule has 0 spiro atoms. The summed E-state index contributed by atoms with van der Waals surface area (Å²) in [4.78, 5) is 28.5. The Labute approximate surface area is 138 Å². The number of aromatic nitrogens is 1. The van der Waals surface area contributed by atoms with Gasteiger partial charge in [0.25, 0.3) is 5.91 Å². The number of carboxylic acid groups (broad SMARTS) is 1. The summed E-state index contributed by atoms with van der Waals surface area (Å²) in [6, 6.07) is 4.32. The highest BCUT2D eigenvalue weighted by Crippen LogP contribution is 2.32. The van der Waals surface area contributed by atoms with Gasteiger partial charge in [-0.25, -0.2) is 4.39 Å². The number of piperidine rings is 1. The molecule has 1 amide bonds. The number of carbonyl (C=O) groups excluding carboxylic acids is 1. The number of likely N-dealkylation sites (tertiary alicyclic amines) is 1. The van der Waals surface area contributed by atoms with Crippen LogP contribution in [0.2, 0.25) is 0 Å². The number of rotatable bonds is 3. The second-order valence-electron chi connectivity index (χ2n) is 6.42. The Morgan fingerprint density at radius 1 is 1.42 bits per heavy atom. The molecule has 0 radical (unpaired) electrons. The zero-order valence-electron chi connectivity index (χ0n) is 13.6. The molecule has 1 aromatic heterocycles. The van der Waals surface area contributed by atoms with Gasteiger partial charge >= 0.3 is 5.97 Å². The molecule has 1 aliphatic rings. The number of carboxylic acids is 1. The van der Waals surface area contributed by atoms with E-state index in [1.807, 2.05) is 0 Å². The Balaban J connectivity index is 1.94. The number of hydrogen-bond acceptors (Lipinski definition) is 3. The van der Waals surface area contributed by atoms with Crippen molar-refractivity contribution < 1.29 is 23.8 Å². The number of hydrogen-bond donors (Lipinski definition) is 2. The SMILES string of the molecule is COc1ccc(F)c2[nH]c(C(=O)N3CCCC(C)(C(=O)O)C3)cc12. The normalized spacial score (nSPS) is 21.0. The van der Waals surface area contributed by atoms with E-state index >= 15 is 0 Å². The maximum Gasteiger partial charge on any atom is 0.311 e. The van der Waals surface area contributed by atoms with Crippen LogP contribution in [0.15, 0.2) is 18.2 Å². The summed E-state index contributed by atoms with van der Waals surface area (Å²) in [7, 11) is 1.48. The second kappa shape index (κ2) is 5.81. The summed E-state index contributed by atoms with van der Waals surface area (Å²) >= 11 is 0. The van der Waals surface area contributed by atoms with Crippen molar-refractivity contribution in [3.63, 3.8) is 0 Å². The maximum absolute atomic E-state index is 14.0. The third-order valence-corrected chi connectivity index (χ3v) is 4.65. The molecule has 7 heteroatoms. The van der Waals surface area contributed by atoms with Crippen LogP contribution in [0.4, 0.5) is 4.39 Å². The fourth-order valence-electron chi connectivity index (χ4n) is 3.21. The first kappa shape index (κ1) is 16.3. The molecule has 0 saturated carbocycles. The lowest BCUT2D eigenvalue weighted by molar-refractivity contribution is -0.150. The highest BCUT2D eigenvalue weighted by Gasteiger charge is 2.39. The topological polar surface area (TPSA) is 82.6 Å². The van der Waals surface area contributed by atoms with E-state index in [1.165, 1.54) is 24.1 Å². The zero-order valence-corrected chi connectivity index (χ0v) is 13.6. The number of nitrogens with one attached hydrogen (secondary N) is 1. The predicted octanol–water partition coefficient (Wildman–Crippen LogP) is 2.64. The largest absolute Gasteiger partial charge is 0.496 e. The maximum atomic E-state index is 14.0. The van der Waals surface area contributed by atoms with Crippen LogP contribution in [0.1, 0.15) is 30.3 Å². The van der Waals surface area contributed by atoms with Crippen molar-refractivity contribution in [2.75, 3.05) is 20.2 Å². The second-order valence-corrected chi connectivity index (χ2v) is 6.42. The Morgan fingerprint density at radius 2 is 2.17 bits per heavy atom. The molecule has 1 unspecified atom stereocenters. The van der Waals surface area contributed by atoms with Gasteiger partial charge in [-0.1, -0.05) is 0 Å². The van der Waals surface area contributed by atoms with Gasteiger partial charge in [0.1, 0.15) is 17.3 Å². The summed E-state index contributed by atoms with van der Waals surface area (Å²) < 4.78 is 19.2. The molecular formula is C17H19FN2O4. The molecule has 24 heavy (non-hydrogen) atoms. The number of aromatic amines is 1. The lowest BCUT2D eigenvalue weighted by Gasteiger charge is -2.37. The molecular weight excluding hydrogens is 315 g/mol. The number of halogens is 1. The van der Waals surface area contributed by atoms with Gasteiger partial charge in [0.2, 0.25) is 0 Å².